The van der Waals surface area contributed by atoms with Crippen LogP contribution in [0.25, 0.3) is 0 Å². The number of anilines is 1. The fourth-order valence-corrected chi connectivity index (χ4v) is 3.97. The van der Waals surface area contributed by atoms with Crippen LogP contribution in [0.1, 0.15) is 62.4 Å². The first-order valence-corrected chi connectivity index (χ1v) is 10.6. The fraction of sp³-hybridized carbons (Fsp3) is 0.292. The van der Waals surface area contributed by atoms with Gasteiger partial charge in [-0.3, -0.25) is 14.6 Å². The Kier molecular flexibility index (Phi) is 6.11. The highest BCUT2D eigenvalue weighted by Crippen LogP contribution is 2.32. The summed E-state index contributed by atoms with van der Waals surface area (Å²) in [5, 5.41) is 3.38. The van der Waals surface area contributed by atoms with Crippen molar-refractivity contribution in [3.63, 3.8) is 0 Å². The number of aryl methyl sites for hydroxylation is 2. The number of amides is 2. The molecule has 8 heteroatoms. The highest BCUT2D eigenvalue weighted by atomic mass is 16.2. The molecular weight excluding hydrogens is 404 g/mol. The monoisotopic (exact) mass is 430 g/mol. The maximum atomic E-state index is 13.4. The molecule has 1 aliphatic rings. The number of pyridine rings is 1. The van der Waals surface area contributed by atoms with Crippen molar-refractivity contribution in [3.05, 3.63) is 82.7 Å². The molecule has 4 rings (SSSR count). The topological polar surface area (TPSA) is 114 Å². The van der Waals surface area contributed by atoms with Gasteiger partial charge in [0.25, 0.3) is 11.8 Å². The van der Waals surface area contributed by atoms with Crippen molar-refractivity contribution in [2.24, 2.45) is 5.73 Å². The quantitative estimate of drug-likeness (QED) is 0.621. The summed E-state index contributed by atoms with van der Waals surface area (Å²) >= 11 is 0. The molecule has 2 amide bonds. The van der Waals surface area contributed by atoms with Gasteiger partial charge >= 0.3 is 0 Å². The lowest BCUT2D eigenvalue weighted by molar-refractivity contribution is 0.0729. The normalized spacial score (nSPS) is 15.6. The van der Waals surface area contributed by atoms with E-state index in [0.29, 0.717) is 35.7 Å². The molecule has 8 nitrogen and oxygen atoms in total. The molecule has 1 aliphatic heterocycles. The lowest BCUT2D eigenvalue weighted by Crippen LogP contribution is -2.32. The average Bonchev–Trinajstić information content (AvgIpc) is 3.28. The molecule has 0 spiro atoms. The van der Waals surface area contributed by atoms with Gasteiger partial charge in [-0.25, -0.2) is 9.97 Å². The number of hydrogen-bond acceptors (Lipinski definition) is 6. The molecule has 1 atom stereocenters. The third-order valence-electron chi connectivity index (χ3n) is 5.75. The summed E-state index contributed by atoms with van der Waals surface area (Å²) in [5.74, 6) is -0.0774. The summed E-state index contributed by atoms with van der Waals surface area (Å²) in [7, 11) is 0. The van der Waals surface area contributed by atoms with Gasteiger partial charge in [0.15, 0.2) is 5.82 Å². The third kappa shape index (κ3) is 4.44. The number of aromatic nitrogens is 3. The zero-order chi connectivity index (χ0) is 22.7. The zero-order valence-electron chi connectivity index (χ0n) is 18.2. The first-order valence-electron chi connectivity index (χ1n) is 10.6. The Morgan fingerprint density at radius 3 is 2.75 bits per heavy atom. The zero-order valence-corrected chi connectivity index (χ0v) is 18.2. The molecule has 3 aromatic rings. The van der Waals surface area contributed by atoms with Gasteiger partial charge in [-0.1, -0.05) is 12.1 Å². The number of rotatable bonds is 6. The summed E-state index contributed by atoms with van der Waals surface area (Å²) in [5.41, 5.74) is 9.67. The Hall–Kier alpha value is -3.81. The first-order chi connectivity index (χ1) is 15.4. The van der Waals surface area contributed by atoms with E-state index >= 15 is 0 Å². The molecule has 0 bridgehead atoms. The molecule has 164 valence electrons. The predicted octanol–water partition coefficient (Wildman–Crippen LogP) is 3.18. The Morgan fingerprint density at radius 1 is 1.19 bits per heavy atom. The number of likely N-dealkylation sites (tertiary alicyclic amines) is 1. The number of carbonyl (C=O) groups is 2. The van der Waals surface area contributed by atoms with E-state index in [1.807, 2.05) is 48.2 Å². The fourth-order valence-electron chi connectivity index (χ4n) is 3.97. The molecule has 1 unspecified atom stereocenters. The molecular formula is C24H26N6O2. The molecule has 0 aliphatic carbocycles. The largest absolute Gasteiger partial charge is 0.379 e. The van der Waals surface area contributed by atoms with Gasteiger partial charge < -0.3 is 16.0 Å². The van der Waals surface area contributed by atoms with E-state index in [0.717, 1.165) is 29.8 Å². The molecule has 1 aromatic carbocycles. The lowest BCUT2D eigenvalue weighted by Gasteiger charge is -2.24. The van der Waals surface area contributed by atoms with Crippen molar-refractivity contribution in [2.75, 3.05) is 11.9 Å². The van der Waals surface area contributed by atoms with Crippen LogP contribution in [0.15, 0.2) is 48.8 Å². The third-order valence-corrected chi connectivity index (χ3v) is 5.75. The molecule has 32 heavy (non-hydrogen) atoms. The maximum absolute atomic E-state index is 13.4. The van der Waals surface area contributed by atoms with Gasteiger partial charge in [0, 0.05) is 30.2 Å². The molecule has 3 heterocycles. The van der Waals surface area contributed by atoms with Gasteiger partial charge in [0.2, 0.25) is 0 Å². The van der Waals surface area contributed by atoms with Gasteiger partial charge in [-0.05, 0) is 56.5 Å². The molecule has 2 aromatic heterocycles. The number of hydrogen-bond donors (Lipinski definition) is 2. The van der Waals surface area contributed by atoms with Crippen LogP contribution in [-0.4, -0.2) is 38.2 Å². The van der Waals surface area contributed by atoms with Crippen molar-refractivity contribution in [1.29, 1.82) is 0 Å². The van der Waals surface area contributed by atoms with Crippen LogP contribution in [0.3, 0.4) is 0 Å². The number of nitrogens with zero attached hydrogens (tertiary/aromatic N) is 4. The maximum Gasteiger partial charge on any atom is 0.254 e. The van der Waals surface area contributed by atoms with Crippen molar-refractivity contribution in [2.45, 2.75) is 39.3 Å². The standard InChI is InChI=1S/C24H26N6O2/c1-15-8-9-17(12-20(15)27-13-18-6-3-4-10-26-18)24(32)30-11-5-7-21(30)23-28-14-19(22(25)31)16(2)29-23/h3-4,6,8-10,12,14,21,27H,5,7,11,13H2,1-2H3,(H2,25,31). The number of nitrogens with one attached hydrogen (secondary N) is 1. The Balaban J connectivity index is 1.54. The summed E-state index contributed by atoms with van der Waals surface area (Å²) < 4.78 is 0. The second-order valence-corrected chi connectivity index (χ2v) is 7.95. The van der Waals surface area contributed by atoms with Crippen molar-refractivity contribution >= 4 is 17.5 Å². The van der Waals surface area contributed by atoms with E-state index in [4.69, 9.17) is 5.73 Å². The second kappa shape index (κ2) is 9.13. The van der Waals surface area contributed by atoms with Crippen LogP contribution in [0, 0.1) is 13.8 Å². The van der Waals surface area contributed by atoms with Gasteiger partial charge in [0.05, 0.1) is 29.5 Å². The van der Waals surface area contributed by atoms with Crippen molar-refractivity contribution in [1.82, 2.24) is 19.9 Å². The minimum absolute atomic E-state index is 0.0615. The number of primary amides is 1. The molecule has 3 N–H and O–H groups in total. The molecule has 1 saturated heterocycles. The number of benzene rings is 1. The van der Waals surface area contributed by atoms with Crippen molar-refractivity contribution < 1.29 is 9.59 Å². The van der Waals surface area contributed by atoms with E-state index in [-0.39, 0.29) is 11.9 Å². The van der Waals surface area contributed by atoms with Gasteiger partial charge in [-0.2, -0.15) is 0 Å². The van der Waals surface area contributed by atoms with Crippen LogP contribution in [0.5, 0.6) is 0 Å². The number of carbonyl (C=O) groups excluding carboxylic acids is 2. The highest BCUT2D eigenvalue weighted by Gasteiger charge is 2.33. The van der Waals surface area contributed by atoms with Crippen molar-refractivity contribution in [3.8, 4) is 0 Å². The van der Waals surface area contributed by atoms with E-state index in [2.05, 4.69) is 20.3 Å². The Bertz CT molecular complexity index is 1150. The summed E-state index contributed by atoms with van der Waals surface area (Å²) in [4.78, 5) is 39.8. The Labute approximate surface area is 186 Å². The van der Waals surface area contributed by atoms with E-state index in [1.165, 1.54) is 6.20 Å². The predicted molar refractivity (Wildman–Crippen MR) is 121 cm³/mol. The number of nitrogens with two attached hydrogens (primary N) is 1. The summed E-state index contributed by atoms with van der Waals surface area (Å²) in [6.07, 6.45) is 4.86. The Morgan fingerprint density at radius 2 is 2.03 bits per heavy atom. The molecule has 0 radical (unpaired) electrons. The van der Waals surface area contributed by atoms with Gasteiger partial charge in [0.1, 0.15) is 0 Å². The van der Waals surface area contributed by atoms with Crippen LogP contribution < -0.4 is 11.1 Å². The van der Waals surface area contributed by atoms with Crippen LogP contribution in [0.4, 0.5) is 5.69 Å². The SMILES string of the molecule is Cc1ccc(C(=O)N2CCCC2c2ncc(C(N)=O)c(C)n2)cc1NCc1ccccn1. The van der Waals surface area contributed by atoms with Gasteiger partial charge in [-0.15, -0.1) is 0 Å². The van der Waals surface area contributed by atoms with E-state index in [1.54, 1.807) is 13.1 Å². The van der Waals surface area contributed by atoms with Crippen LogP contribution >= 0.6 is 0 Å². The molecule has 1 fully saturated rings. The average molecular weight is 431 g/mol. The minimum atomic E-state index is -0.557. The molecule has 0 saturated carbocycles. The van der Waals surface area contributed by atoms with Crippen LogP contribution in [0.2, 0.25) is 0 Å². The second-order valence-electron chi connectivity index (χ2n) is 7.95. The lowest BCUT2D eigenvalue weighted by atomic mass is 10.1. The van der Waals surface area contributed by atoms with Crippen LogP contribution in [-0.2, 0) is 6.54 Å². The summed E-state index contributed by atoms with van der Waals surface area (Å²) in [6.45, 7) is 4.94. The summed E-state index contributed by atoms with van der Waals surface area (Å²) in [6, 6.07) is 11.2. The minimum Gasteiger partial charge on any atom is -0.379 e. The highest BCUT2D eigenvalue weighted by molar-refractivity contribution is 5.96. The van der Waals surface area contributed by atoms with E-state index < -0.39 is 5.91 Å². The first kappa shape index (κ1) is 21.4. The van der Waals surface area contributed by atoms with E-state index in [9.17, 15) is 9.59 Å². The smallest absolute Gasteiger partial charge is 0.254 e.